The van der Waals surface area contributed by atoms with Crippen molar-refractivity contribution < 1.29 is 5.11 Å². The summed E-state index contributed by atoms with van der Waals surface area (Å²) < 4.78 is 0. The SMILES string of the molecule is O[C@@H](c1ccccn1)[C@@H]1CCCN1. The minimum atomic E-state index is -0.455. The average molecular weight is 178 g/mol. The molecule has 0 amide bonds. The normalized spacial score (nSPS) is 24.5. The van der Waals surface area contributed by atoms with E-state index in [-0.39, 0.29) is 6.04 Å². The van der Waals surface area contributed by atoms with Crippen LogP contribution in [-0.2, 0) is 0 Å². The number of aliphatic hydroxyl groups is 1. The lowest BCUT2D eigenvalue weighted by Crippen LogP contribution is -2.29. The Kier molecular flexibility index (Phi) is 2.57. The summed E-state index contributed by atoms with van der Waals surface area (Å²) in [5.74, 6) is 0. The maximum atomic E-state index is 9.90. The van der Waals surface area contributed by atoms with Gasteiger partial charge in [-0.25, -0.2) is 0 Å². The van der Waals surface area contributed by atoms with Crippen molar-refractivity contribution in [2.45, 2.75) is 25.0 Å². The van der Waals surface area contributed by atoms with E-state index in [0.717, 1.165) is 25.1 Å². The third-order valence-electron chi connectivity index (χ3n) is 2.47. The molecule has 3 nitrogen and oxygen atoms in total. The van der Waals surface area contributed by atoms with Gasteiger partial charge in [-0.1, -0.05) is 6.07 Å². The van der Waals surface area contributed by atoms with Crippen LogP contribution in [0.25, 0.3) is 0 Å². The summed E-state index contributed by atoms with van der Waals surface area (Å²) in [6, 6.07) is 5.82. The lowest BCUT2D eigenvalue weighted by atomic mass is 10.1. The average Bonchev–Trinajstić information content (AvgIpc) is 2.71. The molecule has 2 rings (SSSR count). The molecule has 0 bridgehead atoms. The molecule has 1 aliphatic heterocycles. The predicted octanol–water partition coefficient (Wildman–Crippen LogP) is 0.867. The van der Waals surface area contributed by atoms with Gasteiger partial charge in [0.2, 0.25) is 0 Å². The molecule has 0 saturated carbocycles. The molecule has 3 heteroatoms. The number of aliphatic hydroxyl groups excluding tert-OH is 1. The fourth-order valence-corrected chi connectivity index (χ4v) is 1.74. The Morgan fingerprint density at radius 1 is 1.54 bits per heavy atom. The highest BCUT2D eigenvalue weighted by atomic mass is 16.3. The van der Waals surface area contributed by atoms with Crippen molar-refractivity contribution in [1.82, 2.24) is 10.3 Å². The predicted molar refractivity (Wildman–Crippen MR) is 50.2 cm³/mol. The number of hydrogen-bond donors (Lipinski definition) is 2. The van der Waals surface area contributed by atoms with Crippen molar-refractivity contribution in [2.75, 3.05) is 6.54 Å². The molecule has 0 aromatic carbocycles. The Morgan fingerprint density at radius 2 is 2.46 bits per heavy atom. The van der Waals surface area contributed by atoms with Gasteiger partial charge < -0.3 is 10.4 Å². The van der Waals surface area contributed by atoms with Crippen LogP contribution in [0.1, 0.15) is 24.6 Å². The zero-order valence-corrected chi connectivity index (χ0v) is 7.48. The third-order valence-corrected chi connectivity index (χ3v) is 2.47. The van der Waals surface area contributed by atoms with Crippen LogP contribution in [0.5, 0.6) is 0 Å². The lowest BCUT2D eigenvalue weighted by molar-refractivity contribution is 0.133. The largest absolute Gasteiger partial charge is 0.385 e. The van der Waals surface area contributed by atoms with Crippen molar-refractivity contribution in [3.8, 4) is 0 Å². The first-order chi connectivity index (χ1) is 6.38. The molecule has 2 heterocycles. The summed E-state index contributed by atoms with van der Waals surface area (Å²) in [7, 11) is 0. The van der Waals surface area contributed by atoms with Gasteiger partial charge in [-0.2, -0.15) is 0 Å². The molecule has 0 unspecified atom stereocenters. The number of hydrogen-bond acceptors (Lipinski definition) is 3. The van der Waals surface area contributed by atoms with Crippen LogP contribution in [0.3, 0.4) is 0 Å². The van der Waals surface area contributed by atoms with Crippen molar-refractivity contribution in [1.29, 1.82) is 0 Å². The van der Waals surface area contributed by atoms with Gasteiger partial charge in [0.1, 0.15) is 6.10 Å². The van der Waals surface area contributed by atoms with E-state index in [9.17, 15) is 5.11 Å². The lowest BCUT2D eigenvalue weighted by Gasteiger charge is -2.17. The van der Waals surface area contributed by atoms with Gasteiger partial charge in [0.05, 0.1) is 5.69 Å². The molecule has 1 aromatic rings. The second kappa shape index (κ2) is 3.85. The van der Waals surface area contributed by atoms with Crippen LogP contribution in [0.4, 0.5) is 0 Å². The molecular weight excluding hydrogens is 164 g/mol. The van der Waals surface area contributed by atoms with Crippen LogP contribution in [0.15, 0.2) is 24.4 Å². The van der Waals surface area contributed by atoms with E-state index in [4.69, 9.17) is 0 Å². The van der Waals surface area contributed by atoms with E-state index in [1.54, 1.807) is 6.20 Å². The number of pyridine rings is 1. The minimum absolute atomic E-state index is 0.190. The molecule has 1 fully saturated rings. The molecule has 2 N–H and O–H groups in total. The van der Waals surface area contributed by atoms with Crippen LogP contribution in [0, 0.1) is 0 Å². The third kappa shape index (κ3) is 1.87. The first-order valence-corrected chi connectivity index (χ1v) is 4.70. The van der Waals surface area contributed by atoms with Gasteiger partial charge >= 0.3 is 0 Å². The topological polar surface area (TPSA) is 45.2 Å². The Bertz CT molecular complexity index is 257. The summed E-state index contributed by atoms with van der Waals surface area (Å²) in [6.45, 7) is 1.01. The van der Waals surface area contributed by atoms with Crippen LogP contribution >= 0.6 is 0 Å². The van der Waals surface area contributed by atoms with Crippen molar-refractivity contribution in [2.24, 2.45) is 0 Å². The van der Waals surface area contributed by atoms with Gasteiger partial charge in [0, 0.05) is 12.2 Å². The van der Waals surface area contributed by atoms with Gasteiger partial charge in [-0.15, -0.1) is 0 Å². The molecule has 2 atom stereocenters. The summed E-state index contributed by atoms with van der Waals surface area (Å²) in [5.41, 5.74) is 0.766. The Balaban J connectivity index is 2.08. The van der Waals surface area contributed by atoms with Crippen molar-refractivity contribution >= 4 is 0 Å². The van der Waals surface area contributed by atoms with Crippen molar-refractivity contribution in [3.05, 3.63) is 30.1 Å². The number of rotatable bonds is 2. The Morgan fingerprint density at radius 3 is 3.08 bits per heavy atom. The summed E-state index contributed by atoms with van der Waals surface area (Å²) >= 11 is 0. The van der Waals surface area contributed by atoms with Gasteiger partial charge in [0.25, 0.3) is 0 Å². The highest BCUT2D eigenvalue weighted by Gasteiger charge is 2.24. The molecule has 0 radical (unpaired) electrons. The molecule has 0 aliphatic carbocycles. The maximum Gasteiger partial charge on any atom is 0.111 e. The highest BCUT2D eigenvalue weighted by Crippen LogP contribution is 2.20. The highest BCUT2D eigenvalue weighted by molar-refractivity contribution is 5.09. The van der Waals surface area contributed by atoms with Gasteiger partial charge in [0.15, 0.2) is 0 Å². The Hall–Kier alpha value is -0.930. The van der Waals surface area contributed by atoms with E-state index < -0.39 is 6.10 Å². The smallest absolute Gasteiger partial charge is 0.111 e. The number of nitrogens with zero attached hydrogens (tertiary/aromatic N) is 1. The Labute approximate surface area is 77.8 Å². The van der Waals surface area contributed by atoms with Crippen LogP contribution in [-0.4, -0.2) is 22.7 Å². The molecule has 70 valence electrons. The van der Waals surface area contributed by atoms with E-state index in [0.29, 0.717) is 0 Å². The summed E-state index contributed by atoms with van der Waals surface area (Å²) in [5, 5.41) is 13.2. The quantitative estimate of drug-likeness (QED) is 0.706. The summed E-state index contributed by atoms with van der Waals surface area (Å²) in [4.78, 5) is 4.13. The van der Waals surface area contributed by atoms with Gasteiger partial charge in [-0.05, 0) is 31.5 Å². The first-order valence-electron chi connectivity index (χ1n) is 4.70. The molecule has 1 aromatic heterocycles. The van der Waals surface area contributed by atoms with Crippen LogP contribution in [0.2, 0.25) is 0 Å². The molecule has 1 saturated heterocycles. The maximum absolute atomic E-state index is 9.90. The van der Waals surface area contributed by atoms with E-state index in [2.05, 4.69) is 10.3 Å². The summed E-state index contributed by atoms with van der Waals surface area (Å²) in [6.07, 6.45) is 3.45. The fraction of sp³-hybridized carbons (Fsp3) is 0.500. The number of nitrogens with one attached hydrogen (secondary N) is 1. The molecule has 13 heavy (non-hydrogen) atoms. The fourth-order valence-electron chi connectivity index (χ4n) is 1.74. The van der Waals surface area contributed by atoms with Gasteiger partial charge in [-0.3, -0.25) is 4.98 Å². The zero-order valence-electron chi connectivity index (χ0n) is 7.48. The first kappa shape index (κ1) is 8.66. The zero-order chi connectivity index (χ0) is 9.10. The van der Waals surface area contributed by atoms with E-state index in [1.165, 1.54) is 0 Å². The standard InChI is InChI=1S/C10H14N2O/c13-10(9-5-3-7-12-9)8-4-1-2-6-11-8/h1-2,4,6,9-10,12-13H,3,5,7H2/t9-,10-/m0/s1. The minimum Gasteiger partial charge on any atom is -0.385 e. The molecule has 1 aliphatic rings. The van der Waals surface area contributed by atoms with E-state index in [1.807, 2.05) is 18.2 Å². The second-order valence-electron chi connectivity index (χ2n) is 3.40. The number of aromatic nitrogens is 1. The van der Waals surface area contributed by atoms with Crippen molar-refractivity contribution in [3.63, 3.8) is 0 Å². The second-order valence-corrected chi connectivity index (χ2v) is 3.40. The molecule has 0 spiro atoms. The monoisotopic (exact) mass is 178 g/mol. The van der Waals surface area contributed by atoms with E-state index >= 15 is 0 Å². The van der Waals surface area contributed by atoms with Crippen LogP contribution < -0.4 is 5.32 Å². The molecular formula is C10H14N2O.